The maximum Gasteiger partial charge on any atom is 0.416 e. The van der Waals surface area contributed by atoms with E-state index in [9.17, 15) is 26.7 Å². The molecule has 1 aromatic carbocycles. The molecule has 1 aromatic rings. The van der Waals surface area contributed by atoms with Crippen LogP contribution in [0.1, 0.15) is 18.1 Å². The highest BCUT2D eigenvalue weighted by Gasteiger charge is 2.43. The Balaban J connectivity index is 2.02. The molecule has 0 atom stereocenters. The molecule has 1 heterocycles. The zero-order chi connectivity index (χ0) is 17.3. The molecule has 0 aromatic heterocycles. The molecule has 1 amide bonds. The van der Waals surface area contributed by atoms with Crippen molar-refractivity contribution in [3.05, 3.63) is 35.4 Å². The van der Waals surface area contributed by atoms with Gasteiger partial charge in [0.05, 0.1) is 18.7 Å². The van der Waals surface area contributed by atoms with Gasteiger partial charge in [-0.25, -0.2) is 8.78 Å². The van der Waals surface area contributed by atoms with Crippen LogP contribution in [0.2, 0.25) is 0 Å². The minimum atomic E-state index is -4.50. The normalized spacial score (nSPS) is 17.7. The number of halogens is 5. The number of amides is 1. The molecular formula is C15H17F5N2O. The van der Waals surface area contributed by atoms with E-state index in [1.165, 1.54) is 34.9 Å². The molecule has 1 fully saturated rings. The Kier molecular flexibility index (Phi) is 4.93. The Morgan fingerprint density at radius 3 is 2.39 bits per heavy atom. The molecule has 0 saturated carbocycles. The quantitative estimate of drug-likeness (QED) is 0.772. The van der Waals surface area contributed by atoms with E-state index in [-0.39, 0.29) is 38.3 Å². The van der Waals surface area contributed by atoms with Crippen LogP contribution in [0.25, 0.3) is 0 Å². The number of carbonyl (C=O) groups is 1. The molecule has 1 saturated heterocycles. The average Bonchev–Trinajstić information content (AvgIpc) is 2.40. The smallest absolute Gasteiger partial charge is 0.337 e. The number of benzene rings is 1. The fourth-order valence-corrected chi connectivity index (χ4v) is 2.52. The highest BCUT2D eigenvalue weighted by molar-refractivity contribution is 5.73. The second-order valence-corrected chi connectivity index (χ2v) is 5.66. The Morgan fingerprint density at radius 1 is 1.26 bits per heavy atom. The van der Waals surface area contributed by atoms with Crippen molar-refractivity contribution in [1.82, 2.24) is 9.80 Å². The maximum atomic E-state index is 13.0. The van der Waals surface area contributed by atoms with Gasteiger partial charge in [-0.05, 0) is 11.6 Å². The molecule has 0 unspecified atom stereocenters. The van der Waals surface area contributed by atoms with E-state index in [4.69, 9.17) is 0 Å². The van der Waals surface area contributed by atoms with Gasteiger partial charge in [0.1, 0.15) is 0 Å². The summed E-state index contributed by atoms with van der Waals surface area (Å²) in [4.78, 5) is 14.3. The van der Waals surface area contributed by atoms with E-state index in [0.717, 1.165) is 6.07 Å². The van der Waals surface area contributed by atoms with Crippen molar-refractivity contribution in [3.63, 3.8) is 0 Å². The molecule has 1 aliphatic heterocycles. The van der Waals surface area contributed by atoms with Gasteiger partial charge in [-0.15, -0.1) is 0 Å². The third-order valence-corrected chi connectivity index (χ3v) is 3.73. The van der Waals surface area contributed by atoms with Crippen LogP contribution in [0.4, 0.5) is 22.0 Å². The van der Waals surface area contributed by atoms with E-state index >= 15 is 0 Å². The van der Waals surface area contributed by atoms with E-state index < -0.39 is 23.6 Å². The fourth-order valence-electron chi connectivity index (χ4n) is 2.52. The molecule has 3 nitrogen and oxygen atoms in total. The first-order valence-corrected chi connectivity index (χ1v) is 7.09. The summed E-state index contributed by atoms with van der Waals surface area (Å²) in [6, 6.07) is 5.03. The lowest BCUT2D eigenvalue weighted by Gasteiger charge is -2.39. The van der Waals surface area contributed by atoms with Gasteiger partial charge >= 0.3 is 6.18 Å². The maximum absolute atomic E-state index is 13.0. The van der Waals surface area contributed by atoms with Crippen molar-refractivity contribution in [3.8, 4) is 0 Å². The topological polar surface area (TPSA) is 23.6 Å². The number of likely N-dealkylation sites (tertiary alicyclic amines) is 1. The van der Waals surface area contributed by atoms with Crippen LogP contribution in [0, 0.1) is 0 Å². The monoisotopic (exact) mass is 336 g/mol. The van der Waals surface area contributed by atoms with Crippen LogP contribution in [-0.4, -0.2) is 47.8 Å². The second kappa shape index (κ2) is 6.43. The first-order chi connectivity index (χ1) is 10.6. The van der Waals surface area contributed by atoms with Gasteiger partial charge in [0.2, 0.25) is 5.91 Å². The minimum absolute atomic E-state index is 0.0101. The molecule has 0 N–H and O–H groups in total. The Hall–Kier alpha value is -1.70. The number of carbonyl (C=O) groups excluding carboxylic acids is 1. The summed E-state index contributed by atoms with van der Waals surface area (Å²) in [6.45, 7) is 0.618. The molecule has 8 heteroatoms. The third kappa shape index (κ3) is 4.63. The van der Waals surface area contributed by atoms with Gasteiger partial charge < -0.3 is 4.90 Å². The molecular weight excluding hydrogens is 319 g/mol. The summed E-state index contributed by atoms with van der Waals surface area (Å²) in [5.74, 6) is -3.10. The van der Waals surface area contributed by atoms with Crippen molar-refractivity contribution >= 4 is 5.91 Å². The molecule has 0 spiro atoms. The molecule has 0 aliphatic carbocycles. The Bertz CT molecular complexity index is 565. The summed E-state index contributed by atoms with van der Waals surface area (Å²) in [5, 5.41) is 0. The summed E-state index contributed by atoms with van der Waals surface area (Å²) in [7, 11) is 0. The zero-order valence-electron chi connectivity index (χ0n) is 12.5. The van der Waals surface area contributed by atoms with E-state index in [0.29, 0.717) is 0 Å². The molecule has 23 heavy (non-hydrogen) atoms. The summed E-state index contributed by atoms with van der Waals surface area (Å²) in [5.41, 5.74) is -0.800. The van der Waals surface area contributed by atoms with Gasteiger partial charge in [-0.3, -0.25) is 9.69 Å². The lowest BCUT2D eigenvalue weighted by Crippen LogP contribution is -2.57. The van der Waals surface area contributed by atoms with Crippen LogP contribution in [-0.2, 0) is 17.5 Å². The largest absolute Gasteiger partial charge is 0.416 e. The fraction of sp³-hybridized carbons (Fsp3) is 0.533. The Labute approximate surface area is 130 Å². The summed E-state index contributed by atoms with van der Waals surface area (Å²) < 4.78 is 64.4. The molecule has 128 valence electrons. The molecule has 1 aliphatic rings. The van der Waals surface area contributed by atoms with Gasteiger partial charge in [0, 0.05) is 26.6 Å². The van der Waals surface area contributed by atoms with Crippen LogP contribution >= 0.6 is 0 Å². The van der Waals surface area contributed by atoms with Crippen molar-refractivity contribution in [2.75, 3.05) is 26.2 Å². The number of alkyl halides is 5. The first-order valence-electron chi connectivity index (χ1n) is 7.09. The summed E-state index contributed by atoms with van der Waals surface area (Å²) >= 11 is 0. The lowest BCUT2D eigenvalue weighted by molar-refractivity contribution is -0.141. The van der Waals surface area contributed by atoms with Crippen molar-refractivity contribution in [1.29, 1.82) is 0 Å². The Morgan fingerprint density at radius 2 is 1.87 bits per heavy atom. The standard InChI is InChI=1S/C15H17F5N2O/c1-11(23)22(7-6-21-9-14(16,17)10-21)8-12-4-2-3-5-13(12)15(18,19)20/h2-5H,6-10H2,1H3. The highest BCUT2D eigenvalue weighted by Crippen LogP contribution is 2.32. The van der Waals surface area contributed by atoms with E-state index in [1.54, 1.807) is 0 Å². The molecule has 0 radical (unpaired) electrons. The van der Waals surface area contributed by atoms with Crippen molar-refractivity contribution in [2.45, 2.75) is 25.6 Å². The van der Waals surface area contributed by atoms with Gasteiger partial charge in [0.25, 0.3) is 5.92 Å². The number of hydrogen-bond acceptors (Lipinski definition) is 2. The third-order valence-electron chi connectivity index (χ3n) is 3.73. The van der Waals surface area contributed by atoms with Gasteiger partial charge in [-0.1, -0.05) is 18.2 Å². The van der Waals surface area contributed by atoms with Crippen molar-refractivity contribution < 1.29 is 26.7 Å². The number of hydrogen-bond donors (Lipinski definition) is 0. The SMILES string of the molecule is CC(=O)N(CCN1CC(F)(F)C1)Cc1ccccc1C(F)(F)F. The van der Waals surface area contributed by atoms with Crippen molar-refractivity contribution in [2.24, 2.45) is 0 Å². The van der Waals surface area contributed by atoms with E-state index in [1.807, 2.05) is 0 Å². The molecule has 2 rings (SSSR count). The first kappa shape index (κ1) is 17.7. The van der Waals surface area contributed by atoms with Crippen LogP contribution in [0.15, 0.2) is 24.3 Å². The van der Waals surface area contributed by atoms with Crippen LogP contribution in [0.3, 0.4) is 0 Å². The van der Waals surface area contributed by atoms with Gasteiger partial charge in [0.15, 0.2) is 0 Å². The predicted molar refractivity (Wildman–Crippen MR) is 73.9 cm³/mol. The summed E-state index contributed by atoms with van der Waals surface area (Å²) in [6.07, 6.45) is -4.50. The lowest BCUT2D eigenvalue weighted by atomic mass is 10.1. The predicted octanol–water partition coefficient (Wildman–Crippen LogP) is 3.00. The highest BCUT2D eigenvalue weighted by atomic mass is 19.4. The second-order valence-electron chi connectivity index (χ2n) is 5.66. The van der Waals surface area contributed by atoms with Crippen LogP contribution < -0.4 is 0 Å². The van der Waals surface area contributed by atoms with Crippen LogP contribution in [0.5, 0.6) is 0 Å². The molecule has 0 bridgehead atoms. The minimum Gasteiger partial charge on any atom is -0.337 e. The average molecular weight is 336 g/mol. The number of nitrogens with zero attached hydrogens (tertiary/aromatic N) is 2. The zero-order valence-corrected chi connectivity index (χ0v) is 12.5. The van der Waals surface area contributed by atoms with Gasteiger partial charge in [-0.2, -0.15) is 13.2 Å². The van der Waals surface area contributed by atoms with E-state index in [2.05, 4.69) is 0 Å². The number of rotatable bonds is 5.